The summed E-state index contributed by atoms with van der Waals surface area (Å²) in [6.45, 7) is 3.15. The Hall–Kier alpha value is -3.03. The first-order valence-electron chi connectivity index (χ1n) is 8.06. The molecule has 0 bridgehead atoms. The molecule has 142 valence electrons. The third-order valence-corrected chi connectivity index (χ3v) is 3.37. The zero-order chi connectivity index (χ0) is 19.5. The monoisotopic (exact) mass is 364 g/mol. The quantitative estimate of drug-likeness (QED) is 0.539. The third-order valence-electron chi connectivity index (χ3n) is 3.37. The Morgan fingerprint density at radius 3 is 2.27 bits per heavy atom. The number of urea groups is 1. The minimum atomic E-state index is -0.718. The fraction of sp³-hybridized carbons (Fsp3) is 0.389. The summed E-state index contributed by atoms with van der Waals surface area (Å²) in [5.74, 6) is -0.284. The first-order valence-corrected chi connectivity index (χ1v) is 8.06. The molecular formula is C18H24N2O6. The molecule has 26 heavy (non-hydrogen) atoms. The SMILES string of the molecule is CC[C@@H](C)NC(=O)NC(=O)COC(=O)/C=C/c1cc(OC)cc(OC)c1. The Morgan fingerprint density at radius 2 is 1.73 bits per heavy atom. The topological polar surface area (TPSA) is 103 Å². The standard InChI is InChI=1S/C18H24N2O6/c1-5-12(2)19-18(23)20-16(21)11-26-17(22)7-6-13-8-14(24-3)10-15(9-13)25-4/h6-10,12H,5,11H2,1-4H3,(H2,19,20,21,23)/b7-6+/t12-/m1/s1. The smallest absolute Gasteiger partial charge is 0.331 e. The molecule has 0 aromatic heterocycles. The van der Waals surface area contributed by atoms with Crippen LogP contribution < -0.4 is 20.1 Å². The first-order chi connectivity index (χ1) is 12.4. The van der Waals surface area contributed by atoms with Gasteiger partial charge in [-0.15, -0.1) is 0 Å². The predicted octanol–water partition coefficient (Wildman–Crippen LogP) is 1.88. The second kappa shape index (κ2) is 10.8. The second-order valence-corrected chi connectivity index (χ2v) is 5.42. The number of amides is 3. The summed E-state index contributed by atoms with van der Waals surface area (Å²) in [5, 5.41) is 4.65. The first kappa shape index (κ1) is 21.0. The number of ether oxygens (including phenoxy) is 3. The van der Waals surface area contributed by atoms with Gasteiger partial charge in [-0.25, -0.2) is 9.59 Å². The molecule has 1 rings (SSSR count). The van der Waals surface area contributed by atoms with E-state index in [0.29, 0.717) is 17.1 Å². The van der Waals surface area contributed by atoms with E-state index in [2.05, 4.69) is 10.6 Å². The van der Waals surface area contributed by atoms with Gasteiger partial charge in [-0.1, -0.05) is 6.92 Å². The predicted molar refractivity (Wildman–Crippen MR) is 96.0 cm³/mol. The number of rotatable bonds is 8. The molecule has 0 aliphatic heterocycles. The molecule has 1 atom stereocenters. The highest BCUT2D eigenvalue weighted by molar-refractivity contribution is 5.96. The van der Waals surface area contributed by atoms with Crippen LogP contribution in [-0.2, 0) is 14.3 Å². The van der Waals surface area contributed by atoms with Crippen LogP contribution in [0.15, 0.2) is 24.3 Å². The van der Waals surface area contributed by atoms with Crippen LogP contribution in [0.3, 0.4) is 0 Å². The number of carbonyl (C=O) groups excluding carboxylic acids is 3. The fourth-order valence-electron chi connectivity index (χ4n) is 1.80. The molecule has 0 aliphatic carbocycles. The average Bonchev–Trinajstić information content (AvgIpc) is 2.63. The van der Waals surface area contributed by atoms with E-state index in [-0.39, 0.29) is 6.04 Å². The van der Waals surface area contributed by atoms with E-state index < -0.39 is 24.5 Å². The molecule has 3 amide bonds. The number of esters is 1. The molecule has 2 N–H and O–H groups in total. The van der Waals surface area contributed by atoms with Crippen molar-refractivity contribution in [3.63, 3.8) is 0 Å². The minimum absolute atomic E-state index is 0.0619. The van der Waals surface area contributed by atoms with Crippen LogP contribution in [0.5, 0.6) is 11.5 Å². The fourth-order valence-corrected chi connectivity index (χ4v) is 1.80. The minimum Gasteiger partial charge on any atom is -0.497 e. The highest BCUT2D eigenvalue weighted by atomic mass is 16.5. The molecule has 0 aliphatic rings. The van der Waals surface area contributed by atoms with Crippen molar-refractivity contribution in [2.45, 2.75) is 26.3 Å². The molecule has 8 heteroatoms. The van der Waals surface area contributed by atoms with Crippen molar-refractivity contribution in [1.29, 1.82) is 0 Å². The molecule has 8 nitrogen and oxygen atoms in total. The lowest BCUT2D eigenvalue weighted by molar-refractivity contribution is -0.143. The van der Waals surface area contributed by atoms with Gasteiger partial charge in [0, 0.05) is 18.2 Å². The molecule has 0 saturated heterocycles. The largest absolute Gasteiger partial charge is 0.497 e. The molecule has 0 radical (unpaired) electrons. The van der Waals surface area contributed by atoms with E-state index in [1.165, 1.54) is 26.4 Å². The Bertz CT molecular complexity index is 649. The summed E-state index contributed by atoms with van der Waals surface area (Å²) in [6, 6.07) is 4.42. The molecule has 0 spiro atoms. The summed E-state index contributed by atoms with van der Waals surface area (Å²) < 4.78 is 15.1. The van der Waals surface area contributed by atoms with Crippen molar-refractivity contribution in [3.05, 3.63) is 29.8 Å². The average molecular weight is 364 g/mol. The van der Waals surface area contributed by atoms with Gasteiger partial charge in [0.15, 0.2) is 6.61 Å². The Morgan fingerprint density at radius 1 is 1.12 bits per heavy atom. The van der Waals surface area contributed by atoms with Crippen molar-refractivity contribution >= 4 is 24.0 Å². The van der Waals surface area contributed by atoms with Crippen LogP contribution >= 0.6 is 0 Å². The van der Waals surface area contributed by atoms with Gasteiger partial charge < -0.3 is 19.5 Å². The Balaban J connectivity index is 2.50. The lowest BCUT2D eigenvalue weighted by atomic mass is 10.2. The van der Waals surface area contributed by atoms with E-state index in [0.717, 1.165) is 6.42 Å². The normalized spacial score (nSPS) is 11.5. The van der Waals surface area contributed by atoms with E-state index in [4.69, 9.17) is 14.2 Å². The maximum atomic E-state index is 11.7. The number of nitrogens with one attached hydrogen (secondary N) is 2. The van der Waals surface area contributed by atoms with Gasteiger partial charge in [0.2, 0.25) is 0 Å². The van der Waals surface area contributed by atoms with Crippen molar-refractivity contribution in [2.24, 2.45) is 0 Å². The highest BCUT2D eigenvalue weighted by Gasteiger charge is 2.11. The van der Waals surface area contributed by atoms with Crippen LogP contribution in [0.25, 0.3) is 6.08 Å². The van der Waals surface area contributed by atoms with E-state index in [1.54, 1.807) is 18.2 Å². The van der Waals surface area contributed by atoms with E-state index in [1.807, 2.05) is 13.8 Å². The van der Waals surface area contributed by atoms with Crippen LogP contribution in [0.4, 0.5) is 4.79 Å². The Kier molecular flexibility index (Phi) is 8.69. The molecule has 0 heterocycles. The number of hydrogen-bond acceptors (Lipinski definition) is 6. The molecule has 0 unspecified atom stereocenters. The van der Waals surface area contributed by atoms with Crippen LogP contribution in [-0.4, -0.2) is 44.8 Å². The van der Waals surface area contributed by atoms with Gasteiger partial charge in [-0.2, -0.15) is 0 Å². The van der Waals surface area contributed by atoms with Gasteiger partial charge in [-0.05, 0) is 37.1 Å². The van der Waals surface area contributed by atoms with Gasteiger partial charge >= 0.3 is 12.0 Å². The molecule has 1 aromatic carbocycles. The van der Waals surface area contributed by atoms with Gasteiger partial charge in [0.1, 0.15) is 11.5 Å². The number of imide groups is 1. The van der Waals surface area contributed by atoms with E-state index in [9.17, 15) is 14.4 Å². The van der Waals surface area contributed by atoms with Crippen LogP contribution in [0, 0.1) is 0 Å². The molecular weight excluding hydrogens is 340 g/mol. The van der Waals surface area contributed by atoms with Gasteiger partial charge in [0.25, 0.3) is 5.91 Å². The summed E-state index contributed by atoms with van der Waals surface area (Å²) >= 11 is 0. The maximum Gasteiger partial charge on any atom is 0.331 e. The number of methoxy groups -OCH3 is 2. The lowest BCUT2D eigenvalue weighted by Crippen LogP contribution is -2.44. The maximum absolute atomic E-state index is 11.7. The number of hydrogen-bond donors (Lipinski definition) is 2. The summed E-state index contributed by atoms with van der Waals surface area (Å²) in [7, 11) is 3.04. The van der Waals surface area contributed by atoms with Crippen molar-refractivity contribution in [1.82, 2.24) is 10.6 Å². The van der Waals surface area contributed by atoms with Crippen molar-refractivity contribution < 1.29 is 28.6 Å². The van der Waals surface area contributed by atoms with Crippen molar-refractivity contribution in [3.8, 4) is 11.5 Å². The summed E-state index contributed by atoms with van der Waals surface area (Å²) in [6.07, 6.45) is 3.40. The second-order valence-electron chi connectivity index (χ2n) is 5.42. The molecule has 0 fully saturated rings. The molecule has 0 saturated carbocycles. The zero-order valence-electron chi connectivity index (χ0n) is 15.3. The van der Waals surface area contributed by atoms with Crippen LogP contribution in [0.2, 0.25) is 0 Å². The lowest BCUT2D eigenvalue weighted by Gasteiger charge is -2.11. The number of benzene rings is 1. The van der Waals surface area contributed by atoms with Gasteiger partial charge in [-0.3, -0.25) is 10.1 Å². The van der Waals surface area contributed by atoms with Crippen molar-refractivity contribution in [2.75, 3.05) is 20.8 Å². The summed E-state index contributed by atoms with van der Waals surface area (Å²) in [4.78, 5) is 34.7. The van der Waals surface area contributed by atoms with E-state index >= 15 is 0 Å². The summed E-state index contributed by atoms with van der Waals surface area (Å²) in [5.41, 5.74) is 0.663. The molecule has 1 aromatic rings. The zero-order valence-corrected chi connectivity index (χ0v) is 15.3. The number of carbonyl (C=O) groups is 3. The van der Waals surface area contributed by atoms with Crippen LogP contribution in [0.1, 0.15) is 25.8 Å². The van der Waals surface area contributed by atoms with Gasteiger partial charge in [0.05, 0.1) is 14.2 Å². The highest BCUT2D eigenvalue weighted by Crippen LogP contribution is 2.23. The Labute approximate surface area is 152 Å². The third kappa shape index (κ3) is 7.69.